The minimum atomic E-state index is -0.636. The van der Waals surface area contributed by atoms with E-state index in [0.717, 1.165) is 35.8 Å². The molecule has 1 aliphatic carbocycles. The van der Waals surface area contributed by atoms with Crippen molar-refractivity contribution in [3.8, 4) is 0 Å². The first kappa shape index (κ1) is 11.5. The van der Waals surface area contributed by atoms with Crippen molar-refractivity contribution in [3.63, 3.8) is 0 Å². The lowest BCUT2D eigenvalue weighted by Gasteiger charge is -2.37. The van der Waals surface area contributed by atoms with Crippen molar-refractivity contribution in [1.29, 1.82) is 0 Å². The first-order valence-electron chi connectivity index (χ1n) is 6.25. The predicted molar refractivity (Wildman–Crippen MR) is 68.9 cm³/mol. The molecule has 0 amide bonds. The van der Waals surface area contributed by atoms with Gasteiger partial charge in [-0.3, -0.25) is 4.79 Å². The monoisotopic (exact) mass is 244 g/mol. The number of hydrogen-bond donors (Lipinski definition) is 0. The SMILES string of the molecule is COC1(C(=O)c2cc3cc(C)ccc3o2)CCC1. The predicted octanol–water partition coefficient (Wildman–Crippen LogP) is 3.49. The van der Waals surface area contributed by atoms with Crippen LogP contribution in [0.1, 0.15) is 35.4 Å². The molecule has 2 aromatic rings. The Morgan fingerprint density at radius 2 is 2.11 bits per heavy atom. The molecule has 0 unspecified atom stereocenters. The van der Waals surface area contributed by atoms with E-state index in [2.05, 4.69) is 0 Å². The number of Topliss-reactive ketones (excluding diaryl/α,β-unsaturated/α-hetero) is 1. The minimum Gasteiger partial charge on any atom is -0.453 e. The van der Waals surface area contributed by atoms with Gasteiger partial charge in [-0.15, -0.1) is 0 Å². The highest BCUT2D eigenvalue weighted by molar-refractivity contribution is 6.03. The number of benzene rings is 1. The largest absolute Gasteiger partial charge is 0.453 e. The summed E-state index contributed by atoms with van der Waals surface area (Å²) in [5.41, 5.74) is 1.28. The van der Waals surface area contributed by atoms with Crippen molar-refractivity contribution in [2.45, 2.75) is 31.8 Å². The Balaban J connectivity index is 2.01. The Labute approximate surface area is 106 Å². The van der Waals surface area contributed by atoms with Crippen LogP contribution in [0.5, 0.6) is 0 Å². The third kappa shape index (κ3) is 1.58. The number of methoxy groups -OCH3 is 1. The van der Waals surface area contributed by atoms with E-state index in [4.69, 9.17) is 9.15 Å². The van der Waals surface area contributed by atoms with Gasteiger partial charge in [0.2, 0.25) is 5.78 Å². The molecular formula is C15H16O3. The van der Waals surface area contributed by atoms with Gasteiger partial charge in [0.25, 0.3) is 0 Å². The minimum absolute atomic E-state index is 0.0231. The molecule has 1 heterocycles. The summed E-state index contributed by atoms with van der Waals surface area (Å²) in [5.74, 6) is 0.391. The number of hydrogen-bond acceptors (Lipinski definition) is 3. The molecule has 1 aromatic carbocycles. The second kappa shape index (κ2) is 3.95. The van der Waals surface area contributed by atoms with Gasteiger partial charge in [0.05, 0.1) is 0 Å². The van der Waals surface area contributed by atoms with Crippen LogP contribution in [0.3, 0.4) is 0 Å². The summed E-state index contributed by atoms with van der Waals surface area (Å²) in [5, 5.41) is 0.976. The zero-order valence-corrected chi connectivity index (χ0v) is 10.7. The van der Waals surface area contributed by atoms with Crippen LogP contribution < -0.4 is 0 Å². The van der Waals surface area contributed by atoms with Gasteiger partial charge < -0.3 is 9.15 Å². The molecule has 1 aromatic heterocycles. The highest BCUT2D eigenvalue weighted by atomic mass is 16.5. The number of aryl methyl sites for hydroxylation is 1. The van der Waals surface area contributed by atoms with Crippen LogP contribution in [-0.2, 0) is 4.74 Å². The van der Waals surface area contributed by atoms with Crippen LogP contribution in [0.25, 0.3) is 11.0 Å². The molecule has 0 saturated heterocycles. The van der Waals surface area contributed by atoms with Crippen molar-refractivity contribution in [1.82, 2.24) is 0 Å². The van der Waals surface area contributed by atoms with E-state index in [9.17, 15) is 4.79 Å². The van der Waals surface area contributed by atoms with Crippen LogP contribution in [0.4, 0.5) is 0 Å². The number of fused-ring (bicyclic) bond motifs is 1. The number of ketones is 1. The van der Waals surface area contributed by atoms with Gasteiger partial charge in [-0.05, 0) is 44.4 Å². The molecule has 3 nitrogen and oxygen atoms in total. The summed E-state index contributed by atoms with van der Waals surface area (Å²) in [4.78, 5) is 12.4. The van der Waals surface area contributed by atoms with E-state index in [1.54, 1.807) is 7.11 Å². The molecule has 94 valence electrons. The van der Waals surface area contributed by atoms with Crippen molar-refractivity contribution in [2.75, 3.05) is 7.11 Å². The van der Waals surface area contributed by atoms with E-state index in [1.807, 2.05) is 31.2 Å². The zero-order valence-electron chi connectivity index (χ0n) is 10.7. The normalized spacial score (nSPS) is 17.7. The first-order chi connectivity index (χ1) is 8.64. The summed E-state index contributed by atoms with van der Waals surface area (Å²) in [7, 11) is 1.60. The Morgan fingerprint density at radius 1 is 1.33 bits per heavy atom. The third-order valence-electron chi connectivity index (χ3n) is 3.86. The quantitative estimate of drug-likeness (QED) is 0.776. The molecule has 0 spiro atoms. The zero-order chi connectivity index (χ0) is 12.8. The number of furan rings is 1. The lowest BCUT2D eigenvalue weighted by atomic mass is 9.76. The van der Waals surface area contributed by atoms with Gasteiger partial charge in [0.1, 0.15) is 11.2 Å². The molecule has 1 aliphatic rings. The maximum absolute atomic E-state index is 12.4. The molecule has 3 heteroatoms. The van der Waals surface area contributed by atoms with Gasteiger partial charge in [0.15, 0.2) is 5.76 Å². The maximum atomic E-state index is 12.4. The Kier molecular flexibility index (Phi) is 2.52. The van der Waals surface area contributed by atoms with E-state index in [-0.39, 0.29) is 5.78 Å². The third-order valence-corrected chi connectivity index (χ3v) is 3.86. The average molecular weight is 244 g/mol. The number of carbonyl (C=O) groups is 1. The molecule has 0 aliphatic heterocycles. The Bertz CT molecular complexity index is 600. The van der Waals surface area contributed by atoms with Crippen LogP contribution in [-0.4, -0.2) is 18.5 Å². The van der Waals surface area contributed by atoms with Crippen molar-refractivity contribution in [2.24, 2.45) is 0 Å². The average Bonchev–Trinajstić information content (AvgIpc) is 2.70. The van der Waals surface area contributed by atoms with E-state index in [1.165, 1.54) is 0 Å². The molecule has 0 N–H and O–H groups in total. The molecule has 1 fully saturated rings. The Morgan fingerprint density at radius 3 is 2.72 bits per heavy atom. The topological polar surface area (TPSA) is 39.4 Å². The fraction of sp³-hybridized carbons (Fsp3) is 0.400. The molecule has 0 atom stereocenters. The highest BCUT2D eigenvalue weighted by Gasteiger charge is 2.46. The van der Waals surface area contributed by atoms with Crippen LogP contribution in [0, 0.1) is 6.92 Å². The van der Waals surface area contributed by atoms with Gasteiger partial charge in [-0.2, -0.15) is 0 Å². The van der Waals surface area contributed by atoms with Crippen LogP contribution in [0.2, 0.25) is 0 Å². The second-order valence-electron chi connectivity index (χ2n) is 5.03. The molecule has 1 saturated carbocycles. The molecule has 0 bridgehead atoms. The van der Waals surface area contributed by atoms with E-state index in [0.29, 0.717) is 5.76 Å². The van der Waals surface area contributed by atoms with Gasteiger partial charge in [0, 0.05) is 12.5 Å². The van der Waals surface area contributed by atoms with Crippen molar-refractivity contribution < 1.29 is 13.9 Å². The molecule has 3 rings (SSSR count). The first-order valence-corrected chi connectivity index (χ1v) is 6.25. The second-order valence-corrected chi connectivity index (χ2v) is 5.03. The molecule has 0 radical (unpaired) electrons. The lowest BCUT2D eigenvalue weighted by Crippen LogP contribution is -2.46. The van der Waals surface area contributed by atoms with E-state index >= 15 is 0 Å². The van der Waals surface area contributed by atoms with Crippen LogP contribution >= 0.6 is 0 Å². The van der Waals surface area contributed by atoms with Gasteiger partial charge in [-0.1, -0.05) is 11.6 Å². The summed E-state index contributed by atoms with van der Waals surface area (Å²) in [6, 6.07) is 7.73. The van der Waals surface area contributed by atoms with Gasteiger partial charge >= 0.3 is 0 Å². The fourth-order valence-corrected chi connectivity index (χ4v) is 2.52. The Hall–Kier alpha value is -1.61. The standard InChI is InChI=1S/C15H16O3/c1-10-4-5-12-11(8-10)9-13(18-12)14(16)15(17-2)6-3-7-15/h4-5,8-9H,3,6-7H2,1-2H3. The van der Waals surface area contributed by atoms with Crippen molar-refractivity contribution in [3.05, 3.63) is 35.6 Å². The molecular weight excluding hydrogens is 228 g/mol. The maximum Gasteiger partial charge on any atom is 0.229 e. The molecule has 18 heavy (non-hydrogen) atoms. The number of ether oxygens (including phenoxy) is 1. The highest BCUT2D eigenvalue weighted by Crippen LogP contribution is 2.38. The number of carbonyl (C=O) groups excluding carboxylic acids is 1. The van der Waals surface area contributed by atoms with Crippen LogP contribution in [0.15, 0.2) is 28.7 Å². The van der Waals surface area contributed by atoms with Crippen molar-refractivity contribution >= 4 is 16.8 Å². The fourth-order valence-electron chi connectivity index (χ4n) is 2.52. The van der Waals surface area contributed by atoms with Gasteiger partial charge in [-0.25, -0.2) is 0 Å². The lowest BCUT2D eigenvalue weighted by molar-refractivity contribution is -0.0462. The van der Waals surface area contributed by atoms with E-state index < -0.39 is 5.60 Å². The summed E-state index contributed by atoms with van der Waals surface area (Å²) in [6.07, 6.45) is 2.62. The summed E-state index contributed by atoms with van der Waals surface area (Å²) >= 11 is 0. The summed E-state index contributed by atoms with van der Waals surface area (Å²) < 4.78 is 11.0. The summed E-state index contributed by atoms with van der Waals surface area (Å²) in [6.45, 7) is 2.02. The smallest absolute Gasteiger partial charge is 0.229 e. The number of rotatable bonds is 3.